The molecule has 3 aromatic rings. The number of ketones is 1. The lowest BCUT2D eigenvalue weighted by molar-refractivity contribution is -0.142. The van der Waals surface area contributed by atoms with Crippen molar-refractivity contribution in [3.63, 3.8) is 0 Å². The normalized spacial score (nSPS) is 18.5. The molecule has 1 aromatic carbocycles. The lowest BCUT2D eigenvalue weighted by Crippen LogP contribution is -2.36. The van der Waals surface area contributed by atoms with E-state index in [4.69, 9.17) is 16.6 Å². The maximum absolute atomic E-state index is 13.2. The molecule has 1 N–H and O–H groups in total. The van der Waals surface area contributed by atoms with Gasteiger partial charge < -0.3 is 10.0 Å². The van der Waals surface area contributed by atoms with E-state index in [0.29, 0.717) is 43.5 Å². The molecule has 0 amide bonds. The third kappa shape index (κ3) is 6.31. The number of halogens is 1. The molecule has 2 fully saturated rings. The highest BCUT2D eigenvalue weighted by Crippen LogP contribution is 2.34. The van der Waals surface area contributed by atoms with Crippen LogP contribution in [-0.2, 0) is 17.8 Å². The first-order valence-electron chi connectivity index (χ1n) is 13.6. The van der Waals surface area contributed by atoms with Crippen molar-refractivity contribution in [1.29, 1.82) is 0 Å². The number of anilines is 1. The van der Waals surface area contributed by atoms with Gasteiger partial charge in [0.15, 0.2) is 5.78 Å². The summed E-state index contributed by atoms with van der Waals surface area (Å²) >= 11 is 7.90. The number of likely N-dealkylation sites (tertiary alicyclic amines) is 1. The zero-order chi connectivity index (χ0) is 27.5. The second-order valence-corrected chi connectivity index (χ2v) is 12.1. The van der Waals surface area contributed by atoms with Gasteiger partial charge in [-0.15, -0.1) is 11.3 Å². The van der Waals surface area contributed by atoms with Crippen molar-refractivity contribution in [3.8, 4) is 11.3 Å². The van der Waals surface area contributed by atoms with Gasteiger partial charge in [-0.1, -0.05) is 24.6 Å². The van der Waals surface area contributed by atoms with Gasteiger partial charge in [0.2, 0.25) is 0 Å². The number of carboxylic acids is 1. The number of nitrogens with zero attached hydrogens (tertiary/aromatic N) is 5. The van der Waals surface area contributed by atoms with Gasteiger partial charge in [0.1, 0.15) is 16.5 Å². The average molecular weight is 568 g/mol. The quantitative estimate of drug-likeness (QED) is 0.330. The molecule has 1 atom stereocenters. The second-order valence-electron chi connectivity index (χ2n) is 10.5. The number of carbonyl (C=O) groups is 2. The summed E-state index contributed by atoms with van der Waals surface area (Å²) < 4.78 is 0. The minimum Gasteiger partial charge on any atom is -0.481 e. The summed E-state index contributed by atoms with van der Waals surface area (Å²) in [4.78, 5) is 43.9. The smallest absolute Gasteiger partial charge is 0.306 e. The van der Waals surface area contributed by atoms with E-state index in [1.807, 2.05) is 24.0 Å². The van der Waals surface area contributed by atoms with Crippen molar-refractivity contribution in [2.75, 3.05) is 24.5 Å². The Morgan fingerprint density at radius 1 is 1.13 bits per heavy atom. The Kier molecular flexibility index (Phi) is 8.59. The first-order valence-corrected chi connectivity index (χ1v) is 14.8. The summed E-state index contributed by atoms with van der Waals surface area (Å²) in [5.74, 6) is -0.501. The molecule has 2 aliphatic rings. The number of aryl methyl sites for hydroxylation is 1. The van der Waals surface area contributed by atoms with E-state index in [1.54, 1.807) is 17.5 Å². The van der Waals surface area contributed by atoms with Crippen LogP contribution < -0.4 is 4.90 Å². The Morgan fingerprint density at radius 3 is 2.59 bits per heavy atom. The van der Waals surface area contributed by atoms with Gasteiger partial charge in [-0.25, -0.2) is 15.0 Å². The molecule has 10 heteroatoms. The molecular formula is C29H34ClN5O3S. The van der Waals surface area contributed by atoms with Crippen LogP contribution in [0.1, 0.15) is 65.0 Å². The van der Waals surface area contributed by atoms with Crippen LogP contribution in [0.3, 0.4) is 0 Å². The molecule has 2 aliphatic heterocycles. The lowest BCUT2D eigenvalue weighted by atomic mass is 9.97. The molecule has 4 heterocycles. The molecule has 0 radical (unpaired) electrons. The summed E-state index contributed by atoms with van der Waals surface area (Å²) in [6.45, 7) is 7.38. The number of carbonyl (C=O) groups excluding carboxylic acids is 1. The standard InChI is InChI=1S/C29H34ClN5O3S/c1-3-21-5-4-10-35(21)17-25-28(20-6-7-22(30)18(2)13-20)33-27(39-25)14-24(36)23-15-32-26(16-31-23)34-11-8-19(9-12-34)29(37)38/h6-7,13,15-16,19,21H,3-5,8-12,14,17H2,1-2H3,(H,37,38)/t21-/m1/s1. The highest BCUT2D eigenvalue weighted by atomic mass is 35.5. The van der Waals surface area contributed by atoms with Gasteiger partial charge in [0.25, 0.3) is 0 Å². The van der Waals surface area contributed by atoms with Crippen LogP contribution in [0.2, 0.25) is 5.02 Å². The van der Waals surface area contributed by atoms with E-state index in [9.17, 15) is 14.7 Å². The van der Waals surface area contributed by atoms with E-state index in [-0.39, 0.29) is 18.1 Å². The van der Waals surface area contributed by atoms with Crippen LogP contribution in [0, 0.1) is 12.8 Å². The van der Waals surface area contributed by atoms with E-state index in [0.717, 1.165) is 46.4 Å². The van der Waals surface area contributed by atoms with Crippen LogP contribution in [0.15, 0.2) is 30.6 Å². The molecule has 0 saturated carbocycles. The minimum absolute atomic E-state index is 0.120. The van der Waals surface area contributed by atoms with Gasteiger partial charge in [0, 0.05) is 41.1 Å². The van der Waals surface area contributed by atoms with Gasteiger partial charge in [-0.2, -0.15) is 0 Å². The average Bonchev–Trinajstić information content (AvgIpc) is 3.57. The molecule has 0 bridgehead atoms. The van der Waals surface area contributed by atoms with Crippen molar-refractivity contribution in [2.45, 2.75) is 65.0 Å². The fourth-order valence-corrected chi connectivity index (χ4v) is 6.80. The zero-order valence-corrected chi connectivity index (χ0v) is 24.0. The third-order valence-electron chi connectivity index (χ3n) is 7.89. The number of carboxylic acid groups (broad SMARTS) is 1. The Hall–Kier alpha value is -2.88. The highest BCUT2D eigenvalue weighted by molar-refractivity contribution is 7.12. The predicted octanol–water partition coefficient (Wildman–Crippen LogP) is 5.66. The molecule has 0 aliphatic carbocycles. The first-order chi connectivity index (χ1) is 18.8. The molecule has 39 heavy (non-hydrogen) atoms. The monoisotopic (exact) mass is 567 g/mol. The molecule has 8 nitrogen and oxygen atoms in total. The Bertz CT molecular complexity index is 1340. The number of Topliss-reactive ketones (excluding diaryl/α,β-unsaturated/α-hetero) is 1. The van der Waals surface area contributed by atoms with Crippen molar-refractivity contribution in [2.24, 2.45) is 5.92 Å². The van der Waals surface area contributed by atoms with Crippen LogP contribution >= 0.6 is 22.9 Å². The van der Waals surface area contributed by atoms with E-state index >= 15 is 0 Å². The summed E-state index contributed by atoms with van der Waals surface area (Å²) in [7, 11) is 0. The summed E-state index contributed by atoms with van der Waals surface area (Å²) in [5.41, 5.74) is 3.26. The molecule has 5 rings (SSSR count). The molecule has 2 aromatic heterocycles. The molecule has 2 saturated heterocycles. The molecule has 206 valence electrons. The maximum atomic E-state index is 13.2. The molecular weight excluding hydrogens is 534 g/mol. The molecule has 0 spiro atoms. The predicted molar refractivity (Wildman–Crippen MR) is 154 cm³/mol. The molecule has 0 unspecified atom stereocenters. The van der Waals surface area contributed by atoms with Gasteiger partial charge in [0.05, 0.1) is 30.4 Å². The summed E-state index contributed by atoms with van der Waals surface area (Å²) in [5, 5.41) is 10.7. The van der Waals surface area contributed by atoms with Crippen LogP contribution in [-0.4, -0.2) is 62.4 Å². The van der Waals surface area contributed by atoms with Crippen molar-refractivity contribution in [3.05, 3.63) is 56.8 Å². The van der Waals surface area contributed by atoms with Gasteiger partial charge >= 0.3 is 5.97 Å². The van der Waals surface area contributed by atoms with Gasteiger partial charge in [-0.05, 0) is 63.3 Å². The largest absolute Gasteiger partial charge is 0.481 e. The number of piperidine rings is 1. The Labute approximate surface area is 238 Å². The summed E-state index contributed by atoms with van der Waals surface area (Å²) in [6, 6.07) is 6.56. The Morgan fingerprint density at radius 2 is 1.92 bits per heavy atom. The van der Waals surface area contributed by atoms with Crippen LogP contribution in [0.4, 0.5) is 5.82 Å². The topological polar surface area (TPSA) is 99.5 Å². The SMILES string of the molecule is CC[C@@H]1CCCN1Cc1sc(CC(=O)c2cnc(N3CCC(C(=O)O)CC3)cn2)nc1-c1ccc(Cl)c(C)c1. The number of thiazole rings is 1. The second kappa shape index (κ2) is 12.1. The van der Waals surface area contributed by atoms with Crippen molar-refractivity contribution >= 4 is 40.5 Å². The summed E-state index contributed by atoms with van der Waals surface area (Å²) in [6.07, 6.45) is 8.03. The van der Waals surface area contributed by atoms with Crippen LogP contribution in [0.5, 0.6) is 0 Å². The Balaban J connectivity index is 1.32. The number of aliphatic carboxylic acids is 1. The number of rotatable bonds is 9. The first kappa shape index (κ1) is 27.7. The lowest BCUT2D eigenvalue weighted by Gasteiger charge is -2.30. The number of aromatic nitrogens is 3. The fraction of sp³-hybridized carbons (Fsp3) is 0.483. The zero-order valence-electron chi connectivity index (χ0n) is 22.4. The van der Waals surface area contributed by atoms with E-state index < -0.39 is 5.97 Å². The number of hydrogen-bond donors (Lipinski definition) is 1. The number of hydrogen-bond acceptors (Lipinski definition) is 8. The maximum Gasteiger partial charge on any atom is 0.306 e. The third-order valence-corrected chi connectivity index (χ3v) is 9.36. The van der Waals surface area contributed by atoms with Crippen molar-refractivity contribution in [1.82, 2.24) is 19.9 Å². The highest BCUT2D eigenvalue weighted by Gasteiger charge is 2.27. The number of benzene rings is 1. The van der Waals surface area contributed by atoms with Crippen molar-refractivity contribution < 1.29 is 14.7 Å². The minimum atomic E-state index is -0.744. The van der Waals surface area contributed by atoms with Gasteiger partial charge in [-0.3, -0.25) is 14.5 Å². The fourth-order valence-electron chi connectivity index (χ4n) is 5.56. The van der Waals surface area contributed by atoms with E-state index in [2.05, 4.69) is 27.9 Å². The van der Waals surface area contributed by atoms with Crippen LogP contribution in [0.25, 0.3) is 11.3 Å². The van der Waals surface area contributed by atoms with E-state index in [1.165, 1.54) is 23.9 Å².